The molecule has 0 aliphatic heterocycles. The number of hydrogen-bond donors (Lipinski definition) is 1. The second-order valence-electron chi connectivity index (χ2n) is 3.81. The molecular formula is C13H7ClN2O2. The maximum absolute atomic E-state index is 11.2. The van der Waals surface area contributed by atoms with Crippen molar-refractivity contribution >= 4 is 39.6 Å². The maximum Gasteiger partial charge on any atom is 0.337 e. The summed E-state index contributed by atoms with van der Waals surface area (Å²) in [7, 11) is 0. The normalized spacial score (nSPS) is 10.9. The standard InChI is InChI=1S/C13H7ClN2O2/c14-8-6-5-7(13(17)18)11-12(8)16-10-4-2-1-3-9(10)15-11/h1-6H,(H,17,18). The molecule has 0 bridgehead atoms. The Morgan fingerprint density at radius 1 is 1.00 bits per heavy atom. The van der Waals surface area contributed by atoms with Gasteiger partial charge in [0.25, 0.3) is 0 Å². The maximum atomic E-state index is 11.2. The zero-order chi connectivity index (χ0) is 12.7. The van der Waals surface area contributed by atoms with Crippen molar-refractivity contribution < 1.29 is 9.90 Å². The van der Waals surface area contributed by atoms with E-state index in [0.29, 0.717) is 27.1 Å². The Labute approximate surface area is 107 Å². The van der Waals surface area contributed by atoms with Crippen LogP contribution in [-0.2, 0) is 0 Å². The van der Waals surface area contributed by atoms with E-state index in [1.54, 1.807) is 6.07 Å². The van der Waals surface area contributed by atoms with Gasteiger partial charge in [-0.05, 0) is 24.3 Å². The highest BCUT2D eigenvalue weighted by Crippen LogP contribution is 2.25. The Hall–Kier alpha value is -2.20. The third-order valence-corrected chi connectivity index (χ3v) is 2.98. The lowest BCUT2D eigenvalue weighted by Crippen LogP contribution is -2.00. The van der Waals surface area contributed by atoms with Crippen LogP contribution >= 0.6 is 11.6 Å². The second-order valence-corrected chi connectivity index (χ2v) is 4.22. The van der Waals surface area contributed by atoms with Gasteiger partial charge in [0.2, 0.25) is 0 Å². The molecule has 0 spiro atoms. The van der Waals surface area contributed by atoms with Gasteiger partial charge < -0.3 is 5.11 Å². The minimum Gasteiger partial charge on any atom is -0.478 e. The third-order valence-electron chi connectivity index (χ3n) is 2.68. The predicted molar refractivity (Wildman–Crippen MR) is 69.0 cm³/mol. The number of nitrogens with zero attached hydrogens (tertiary/aromatic N) is 2. The summed E-state index contributed by atoms with van der Waals surface area (Å²) in [6, 6.07) is 10.2. The van der Waals surface area contributed by atoms with E-state index in [1.165, 1.54) is 12.1 Å². The van der Waals surface area contributed by atoms with Gasteiger partial charge in [-0.3, -0.25) is 0 Å². The Morgan fingerprint density at radius 3 is 2.22 bits per heavy atom. The van der Waals surface area contributed by atoms with Crippen LogP contribution in [0, 0.1) is 0 Å². The van der Waals surface area contributed by atoms with Crippen molar-refractivity contribution in [3.63, 3.8) is 0 Å². The summed E-state index contributed by atoms with van der Waals surface area (Å²) >= 11 is 6.04. The van der Waals surface area contributed by atoms with Crippen LogP contribution in [0.1, 0.15) is 10.4 Å². The Morgan fingerprint density at radius 2 is 1.61 bits per heavy atom. The molecule has 0 unspecified atom stereocenters. The molecule has 0 aliphatic rings. The topological polar surface area (TPSA) is 63.1 Å². The van der Waals surface area contributed by atoms with Crippen LogP contribution < -0.4 is 0 Å². The highest BCUT2D eigenvalue weighted by molar-refractivity contribution is 6.35. The van der Waals surface area contributed by atoms with Gasteiger partial charge in [-0.1, -0.05) is 23.7 Å². The highest BCUT2D eigenvalue weighted by atomic mass is 35.5. The number of para-hydroxylation sites is 2. The number of benzene rings is 2. The molecule has 18 heavy (non-hydrogen) atoms. The summed E-state index contributed by atoms with van der Waals surface area (Å²) in [4.78, 5) is 19.8. The van der Waals surface area contributed by atoms with Crippen molar-refractivity contribution in [2.75, 3.05) is 0 Å². The number of carboxylic acids is 1. The van der Waals surface area contributed by atoms with E-state index in [-0.39, 0.29) is 5.56 Å². The lowest BCUT2D eigenvalue weighted by molar-refractivity contribution is 0.0699. The number of rotatable bonds is 1. The monoisotopic (exact) mass is 258 g/mol. The van der Waals surface area contributed by atoms with E-state index < -0.39 is 5.97 Å². The number of aromatic nitrogens is 2. The van der Waals surface area contributed by atoms with E-state index in [4.69, 9.17) is 16.7 Å². The fourth-order valence-electron chi connectivity index (χ4n) is 1.84. The van der Waals surface area contributed by atoms with E-state index in [9.17, 15) is 4.79 Å². The molecule has 1 N–H and O–H groups in total. The number of carboxylic acid groups (broad SMARTS) is 1. The van der Waals surface area contributed by atoms with Crippen LogP contribution in [0.3, 0.4) is 0 Å². The summed E-state index contributed by atoms with van der Waals surface area (Å²) in [6.07, 6.45) is 0. The minimum absolute atomic E-state index is 0.104. The molecule has 0 aliphatic carbocycles. The number of halogens is 1. The molecular weight excluding hydrogens is 252 g/mol. The molecule has 1 aromatic heterocycles. The lowest BCUT2D eigenvalue weighted by atomic mass is 10.1. The van der Waals surface area contributed by atoms with E-state index in [2.05, 4.69) is 9.97 Å². The molecule has 3 rings (SSSR count). The van der Waals surface area contributed by atoms with Crippen LogP contribution in [0.5, 0.6) is 0 Å². The molecule has 5 heteroatoms. The number of hydrogen-bond acceptors (Lipinski definition) is 3. The van der Waals surface area contributed by atoms with Crippen molar-refractivity contribution in [3.05, 3.63) is 47.0 Å². The molecule has 1 heterocycles. The van der Waals surface area contributed by atoms with E-state index in [1.807, 2.05) is 18.2 Å². The average Bonchev–Trinajstić information content (AvgIpc) is 2.37. The van der Waals surface area contributed by atoms with Gasteiger partial charge >= 0.3 is 5.97 Å². The number of carbonyl (C=O) groups is 1. The summed E-state index contributed by atoms with van der Waals surface area (Å²) < 4.78 is 0. The van der Waals surface area contributed by atoms with Crippen LogP contribution in [0.2, 0.25) is 5.02 Å². The quantitative estimate of drug-likeness (QED) is 0.681. The molecule has 0 atom stereocenters. The Balaban J connectivity index is 2.52. The van der Waals surface area contributed by atoms with E-state index in [0.717, 1.165) is 0 Å². The van der Waals surface area contributed by atoms with Crippen LogP contribution in [0.15, 0.2) is 36.4 Å². The number of aromatic carboxylic acids is 1. The molecule has 0 saturated carbocycles. The lowest BCUT2D eigenvalue weighted by Gasteiger charge is -2.05. The smallest absolute Gasteiger partial charge is 0.337 e. The fourth-order valence-corrected chi connectivity index (χ4v) is 2.04. The van der Waals surface area contributed by atoms with Gasteiger partial charge in [0, 0.05) is 0 Å². The molecule has 2 aromatic carbocycles. The Bertz CT molecular complexity index is 786. The van der Waals surface area contributed by atoms with Crippen molar-refractivity contribution in [2.45, 2.75) is 0 Å². The van der Waals surface area contributed by atoms with Crippen LogP contribution in [0.25, 0.3) is 22.1 Å². The first kappa shape index (κ1) is 10.9. The number of fused-ring (bicyclic) bond motifs is 2. The molecule has 0 saturated heterocycles. The van der Waals surface area contributed by atoms with Gasteiger partial charge in [-0.2, -0.15) is 0 Å². The predicted octanol–water partition coefficient (Wildman–Crippen LogP) is 3.13. The van der Waals surface area contributed by atoms with Gasteiger partial charge in [0.15, 0.2) is 0 Å². The first-order chi connectivity index (χ1) is 8.66. The van der Waals surface area contributed by atoms with Crippen LogP contribution in [-0.4, -0.2) is 21.0 Å². The van der Waals surface area contributed by atoms with Gasteiger partial charge in [-0.25, -0.2) is 14.8 Å². The zero-order valence-electron chi connectivity index (χ0n) is 9.09. The first-order valence-electron chi connectivity index (χ1n) is 5.25. The van der Waals surface area contributed by atoms with Crippen molar-refractivity contribution in [1.29, 1.82) is 0 Å². The summed E-state index contributed by atoms with van der Waals surface area (Å²) in [5.74, 6) is -1.04. The van der Waals surface area contributed by atoms with Gasteiger partial charge in [0.1, 0.15) is 11.0 Å². The fraction of sp³-hybridized carbons (Fsp3) is 0. The van der Waals surface area contributed by atoms with Gasteiger partial charge in [0.05, 0.1) is 21.6 Å². The zero-order valence-corrected chi connectivity index (χ0v) is 9.85. The SMILES string of the molecule is O=C(O)c1ccc(Cl)c2nc3ccccc3nc12. The molecule has 88 valence electrons. The highest BCUT2D eigenvalue weighted by Gasteiger charge is 2.14. The summed E-state index contributed by atoms with van der Waals surface area (Å²) in [6.45, 7) is 0. The first-order valence-corrected chi connectivity index (χ1v) is 5.63. The van der Waals surface area contributed by atoms with Crippen LogP contribution in [0.4, 0.5) is 0 Å². The summed E-state index contributed by atoms with van der Waals surface area (Å²) in [5.41, 5.74) is 2.17. The minimum atomic E-state index is -1.04. The summed E-state index contributed by atoms with van der Waals surface area (Å²) in [5, 5.41) is 9.53. The van der Waals surface area contributed by atoms with Gasteiger partial charge in [-0.15, -0.1) is 0 Å². The molecule has 0 fully saturated rings. The molecule has 0 amide bonds. The Kier molecular flexibility index (Phi) is 2.38. The second kappa shape index (κ2) is 3.92. The van der Waals surface area contributed by atoms with E-state index >= 15 is 0 Å². The molecule has 0 radical (unpaired) electrons. The largest absolute Gasteiger partial charge is 0.478 e. The molecule has 4 nitrogen and oxygen atoms in total. The van der Waals surface area contributed by atoms with Crippen molar-refractivity contribution in [3.8, 4) is 0 Å². The van der Waals surface area contributed by atoms with Crippen molar-refractivity contribution in [2.24, 2.45) is 0 Å². The third kappa shape index (κ3) is 1.58. The average molecular weight is 259 g/mol. The van der Waals surface area contributed by atoms with Crippen molar-refractivity contribution in [1.82, 2.24) is 9.97 Å². The molecule has 3 aromatic rings.